The van der Waals surface area contributed by atoms with E-state index >= 15 is 0 Å². The Labute approximate surface area is 126 Å². The van der Waals surface area contributed by atoms with Crippen LogP contribution in [-0.4, -0.2) is 53.8 Å². The lowest BCUT2D eigenvalue weighted by atomic mass is 10.1. The minimum Gasteiger partial charge on any atom is -0.480 e. The van der Waals surface area contributed by atoms with Crippen LogP contribution in [-0.2, 0) is 15.0 Å². The van der Waals surface area contributed by atoms with E-state index in [-0.39, 0.29) is 0 Å². The average molecular weight is 316 g/mol. The number of piperidine rings is 1. The van der Waals surface area contributed by atoms with Crippen molar-refractivity contribution in [2.75, 3.05) is 19.6 Å². The van der Waals surface area contributed by atoms with Crippen LogP contribution in [0.25, 0.3) is 0 Å². The Balaban J connectivity index is 1.78. The third kappa shape index (κ3) is 3.57. The molecule has 21 heavy (non-hydrogen) atoms. The molecule has 1 saturated heterocycles. The molecule has 3 aliphatic rings. The van der Waals surface area contributed by atoms with Gasteiger partial charge in [0.1, 0.15) is 6.04 Å². The highest BCUT2D eigenvalue weighted by molar-refractivity contribution is 7.86. The number of aliphatic carboxylic acids is 1. The molecule has 3 rings (SSSR count). The second-order valence-electron chi connectivity index (χ2n) is 6.67. The number of carbonyl (C=O) groups is 1. The Morgan fingerprint density at radius 3 is 2.10 bits per heavy atom. The SMILES string of the molecule is O=C(O)C1CCCCN1S(=O)(=O)N(CC1CC1)CC1CC1. The quantitative estimate of drug-likeness (QED) is 0.768. The van der Waals surface area contributed by atoms with E-state index in [4.69, 9.17) is 0 Å². The molecule has 0 spiro atoms. The lowest BCUT2D eigenvalue weighted by Gasteiger charge is -2.36. The second-order valence-corrected chi connectivity index (χ2v) is 8.55. The monoisotopic (exact) mass is 316 g/mol. The van der Waals surface area contributed by atoms with Crippen LogP contribution in [0.3, 0.4) is 0 Å². The maximum atomic E-state index is 12.9. The molecule has 0 aromatic carbocycles. The van der Waals surface area contributed by atoms with Gasteiger partial charge in [-0.05, 0) is 56.8 Å². The van der Waals surface area contributed by atoms with E-state index in [9.17, 15) is 18.3 Å². The number of carboxylic acid groups (broad SMARTS) is 1. The molecular weight excluding hydrogens is 292 g/mol. The van der Waals surface area contributed by atoms with E-state index in [1.807, 2.05) is 0 Å². The van der Waals surface area contributed by atoms with Gasteiger partial charge in [0.2, 0.25) is 0 Å². The van der Waals surface area contributed by atoms with Gasteiger partial charge in [0.25, 0.3) is 10.2 Å². The summed E-state index contributed by atoms with van der Waals surface area (Å²) in [5, 5.41) is 9.32. The van der Waals surface area contributed by atoms with Crippen molar-refractivity contribution in [3.8, 4) is 0 Å². The zero-order valence-electron chi connectivity index (χ0n) is 12.3. The summed E-state index contributed by atoms with van der Waals surface area (Å²) in [6.45, 7) is 1.48. The number of hydrogen-bond acceptors (Lipinski definition) is 3. The predicted octanol–water partition coefficient (Wildman–Crippen LogP) is 1.29. The minimum atomic E-state index is -3.64. The smallest absolute Gasteiger partial charge is 0.322 e. The highest BCUT2D eigenvalue weighted by Crippen LogP contribution is 2.36. The van der Waals surface area contributed by atoms with Gasteiger partial charge in [0.05, 0.1) is 0 Å². The molecule has 1 heterocycles. The Morgan fingerprint density at radius 1 is 1.05 bits per heavy atom. The molecule has 7 heteroatoms. The van der Waals surface area contributed by atoms with Crippen LogP contribution in [0.2, 0.25) is 0 Å². The lowest BCUT2D eigenvalue weighted by molar-refractivity contribution is -0.142. The zero-order valence-corrected chi connectivity index (χ0v) is 13.1. The van der Waals surface area contributed by atoms with E-state index in [1.54, 1.807) is 4.31 Å². The van der Waals surface area contributed by atoms with Crippen LogP contribution in [0, 0.1) is 11.8 Å². The first kappa shape index (κ1) is 15.2. The van der Waals surface area contributed by atoms with Gasteiger partial charge in [-0.3, -0.25) is 4.79 Å². The van der Waals surface area contributed by atoms with Crippen LogP contribution < -0.4 is 0 Å². The van der Waals surface area contributed by atoms with E-state index in [1.165, 1.54) is 4.31 Å². The zero-order chi connectivity index (χ0) is 15.0. The van der Waals surface area contributed by atoms with Gasteiger partial charge in [-0.15, -0.1) is 0 Å². The third-order valence-corrected chi connectivity index (χ3v) is 6.66. The summed E-state index contributed by atoms with van der Waals surface area (Å²) in [4.78, 5) is 11.4. The van der Waals surface area contributed by atoms with Crippen molar-refractivity contribution in [2.24, 2.45) is 11.8 Å². The first-order chi connectivity index (χ1) is 9.98. The fourth-order valence-electron chi connectivity index (χ4n) is 3.02. The number of hydrogen-bond donors (Lipinski definition) is 1. The van der Waals surface area contributed by atoms with Gasteiger partial charge in [-0.25, -0.2) is 0 Å². The normalized spacial score (nSPS) is 28.0. The van der Waals surface area contributed by atoms with E-state index in [2.05, 4.69) is 0 Å². The average Bonchev–Trinajstić information content (AvgIpc) is 3.33. The maximum absolute atomic E-state index is 12.9. The van der Waals surface area contributed by atoms with Crippen molar-refractivity contribution in [2.45, 2.75) is 51.0 Å². The standard InChI is InChI=1S/C14H24N2O4S/c17-14(18)13-3-1-2-8-16(13)21(19,20)15(9-11-4-5-11)10-12-6-7-12/h11-13H,1-10H2,(H,17,18). The van der Waals surface area contributed by atoms with Crippen LogP contribution in [0.15, 0.2) is 0 Å². The molecule has 0 aromatic rings. The van der Waals surface area contributed by atoms with Crippen molar-refractivity contribution in [3.63, 3.8) is 0 Å². The van der Waals surface area contributed by atoms with Crippen LogP contribution >= 0.6 is 0 Å². The highest BCUT2D eigenvalue weighted by atomic mass is 32.2. The minimum absolute atomic E-state index is 0.338. The molecule has 0 aromatic heterocycles. The Hall–Kier alpha value is -0.660. The molecule has 2 saturated carbocycles. The van der Waals surface area contributed by atoms with Crippen LogP contribution in [0.5, 0.6) is 0 Å². The van der Waals surface area contributed by atoms with Crippen molar-refractivity contribution in [1.82, 2.24) is 8.61 Å². The lowest BCUT2D eigenvalue weighted by Crippen LogP contribution is -2.54. The van der Waals surface area contributed by atoms with Gasteiger partial charge in [-0.1, -0.05) is 0 Å². The topological polar surface area (TPSA) is 77.9 Å². The van der Waals surface area contributed by atoms with E-state index < -0.39 is 22.2 Å². The third-order valence-electron chi connectivity index (χ3n) is 4.68. The molecule has 0 bridgehead atoms. The summed E-state index contributed by atoms with van der Waals surface area (Å²) in [6.07, 6.45) is 6.35. The van der Waals surface area contributed by atoms with E-state index in [0.717, 1.165) is 38.5 Å². The Kier molecular flexibility index (Phi) is 4.25. The van der Waals surface area contributed by atoms with Gasteiger partial charge < -0.3 is 5.11 Å². The molecule has 1 atom stereocenters. The van der Waals surface area contributed by atoms with Crippen molar-refractivity contribution < 1.29 is 18.3 Å². The molecule has 0 radical (unpaired) electrons. The van der Waals surface area contributed by atoms with Crippen molar-refractivity contribution >= 4 is 16.2 Å². The number of carboxylic acids is 1. The summed E-state index contributed by atoms with van der Waals surface area (Å²) in [5.74, 6) is -0.0609. The fraction of sp³-hybridized carbons (Fsp3) is 0.929. The van der Waals surface area contributed by atoms with Gasteiger partial charge in [-0.2, -0.15) is 17.0 Å². The molecule has 6 nitrogen and oxygen atoms in total. The van der Waals surface area contributed by atoms with Crippen LogP contribution in [0.1, 0.15) is 44.9 Å². The number of nitrogens with zero attached hydrogens (tertiary/aromatic N) is 2. The molecular formula is C14H24N2O4S. The van der Waals surface area contributed by atoms with Crippen LogP contribution in [0.4, 0.5) is 0 Å². The molecule has 0 amide bonds. The first-order valence-electron chi connectivity index (χ1n) is 7.98. The Morgan fingerprint density at radius 2 is 1.62 bits per heavy atom. The molecule has 1 aliphatic heterocycles. The van der Waals surface area contributed by atoms with Gasteiger partial charge in [0, 0.05) is 19.6 Å². The first-order valence-corrected chi connectivity index (χ1v) is 9.38. The van der Waals surface area contributed by atoms with Gasteiger partial charge >= 0.3 is 5.97 Å². The van der Waals surface area contributed by atoms with Crippen molar-refractivity contribution in [1.29, 1.82) is 0 Å². The largest absolute Gasteiger partial charge is 0.480 e. The second kappa shape index (κ2) is 5.85. The molecule has 3 fully saturated rings. The fourth-order valence-corrected chi connectivity index (χ4v) is 4.99. The summed E-state index contributed by atoms with van der Waals surface area (Å²) in [6, 6.07) is -0.885. The number of rotatable bonds is 7. The summed E-state index contributed by atoms with van der Waals surface area (Å²) < 4.78 is 28.6. The summed E-state index contributed by atoms with van der Waals surface area (Å²) in [5.41, 5.74) is 0. The maximum Gasteiger partial charge on any atom is 0.322 e. The molecule has 1 N–H and O–H groups in total. The molecule has 2 aliphatic carbocycles. The molecule has 120 valence electrons. The van der Waals surface area contributed by atoms with Gasteiger partial charge in [0.15, 0.2) is 0 Å². The Bertz CT molecular complexity index is 485. The highest BCUT2D eigenvalue weighted by Gasteiger charge is 2.43. The van der Waals surface area contributed by atoms with Crippen molar-refractivity contribution in [3.05, 3.63) is 0 Å². The van der Waals surface area contributed by atoms with E-state index in [0.29, 0.717) is 37.9 Å². The molecule has 1 unspecified atom stereocenters. The summed E-state index contributed by atoms with van der Waals surface area (Å²) >= 11 is 0. The summed E-state index contributed by atoms with van der Waals surface area (Å²) in [7, 11) is -3.64. The predicted molar refractivity (Wildman–Crippen MR) is 77.9 cm³/mol.